The van der Waals surface area contributed by atoms with Crippen molar-refractivity contribution in [3.63, 3.8) is 0 Å². The standard InChI is InChI=1S/C10H19N3O2S/c1-9-7-13(2)8-10(9)12-16(14,15)6-4-3-5-11/h9-10,12H,3-4,6-8H2,1-2H3/t9-,10+/m1/s1. The highest BCUT2D eigenvalue weighted by Crippen LogP contribution is 2.15. The van der Waals surface area contributed by atoms with Gasteiger partial charge in [-0.25, -0.2) is 13.1 Å². The zero-order chi connectivity index (χ0) is 12.2. The minimum Gasteiger partial charge on any atom is -0.304 e. The van der Waals surface area contributed by atoms with Crippen molar-refractivity contribution in [2.45, 2.75) is 25.8 Å². The zero-order valence-electron chi connectivity index (χ0n) is 9.81. The molecule has 1 saturated heterocycles. The number of sulfonamides is 1. The van der Waals surface area contributed by atoms with Gasteiger partial charge in [-0.15, -0.1) is 0 Å². The van der Waals surface area contributed by atoms with Gasteiger partial charge in [0.2, 0.25) is 10.0 Å². The SMILES string of the molecule is C[C@@H]1CN(C)C[C@@H]1NS(=O)(=O)CCCC#N. The molecule has 6 heteroatoms. The molecule has 0 saturated carbocycles. The number of likely N-dealkylation sites (N-methyl/N-ethyl adjacent to an activating group) is 1. The van der Waals surface area contributed by atoms with Crippen LogP contribution in [0.2, 0.25) is 0 Å². The summed E-state index contributed by atoms with van der Waals surface area (Å²) in [6.45, 7) is 3.73. The van der Waals surface area contributed by atoms with Gasteiger partial charge in [-0.3, -0.25) is 0 Å². The van der Waals surface area contributed by atoms with E-state index in [9.17, 15) is 8.42 Å². The lowest BCUT2D eigenvalue weighted by Crippen LogP contribution is -2.40. The second-order valence-electron chi connectivity index (χ2n) is 4.50. The predicted octanol–water partition coefficient (Wildman–Crippen LogP) is 0.160. The third kappa shape index (κ3) is 4.08. The van der Waals surface area contributed by atoms with E-state index in [2.05, 4.69) is 9.62 Å². The molecule has 1 aliphatic heterocycles. The fraction of sp³-hybridized carbons (Fsp3) is 0.900. The quantitative estimate of drug-likeness (QED) is 0.700. The Kier molecular flexibility index (Phi) is 4.71. The van der Waals surface area contributed by atoms with Gasteiger partial charge in [0, 0.05) is 25.6 Å². The van der Waals surface area contributed by atoms with E-state index in [1.165, 1.54) is 0 Å². The first-order valence-corrected chi connectivity index (χ1v) is 7.15. The van der Waals surface area contributed by atoms with Crippen molar-refractivity contribution < 1.29 is 8.42 Å². The molecule has 0 spiro atoms. The lowest BCUT2D eigenvalue weighted by atomic mass is 10.1. The van der Waals surface area contributed by atoms with Crippen LogP contribution in [0.5, 0.6) is 0 Å². The van der Waals surface area contributed by atoms with E-state index in [4.69, 9.17) is 5.26 Å². The maximum Gasteiger partial charge on any atom is 0.211 e. The van der Waals surface area contributed by atoms with Crippen molar-refractivity contribution in [1.29, 1.82) is 5.26 Å². The molecule has 5 nitrogen and oxygen atoms in total. The summed E-state index contributed by atoms with van der Waals surface area (Å²) < 4.78 is 26.1. The Morgan fingerprint density at radius 3 is 2.69 bits per heavy atom. The Labute approximate surface area is 97.5 Å². The molecule has 0 aromatic rings. The van der Waals surface area contributed by atoms with Gasteiger partial charge < -0.3 is 4.90 Å². The Hall–Kier alpha value is -0.640. The number of hydrogen-bond donors (Lipinski definition) is 1. The average molecular weight is 245 g/mol. The summed E-state index contributed by atoms with van der Waals surface area (Å²) in [5.41, 5.74) is 0. The molecule has 1 N–H and O–H groups in total. The van der Waals surface area contributed by atoms with Crippen molar-refractivity contribution in [1.82, 2.24) is 9.62 Å². The number of nitrogens with zero attached hydrogens (tertiary/aromatic N) is 2. The van der Waals surface area contributed by atoms with Crippen molar-refractivity contribution >= 4 is 10.0 Å². The zero-order valence-corrected chi connectivity index (χ0v) is 10.6. The van der Waals surface area contributed by atoms with E-state index in [0.29, 0.717) is 18.8 Å². The molecule has 0 amide bonds. The van der Waals surface area contributed by atoms with Crippen molar-refractivity contribution in [3.05, 3.63) is 0 Å². The average Bonchev–Trinajstić information content (AvgIpc) is 2.44. The van der Waals surface area contributed by atoms with Gasteiger partial charge in [0.15, 0.2) is 0 Å². The van der Waals surface area contributed by atoms with Crippen LogP contribution in [0.1, 0.15) is 19.8 Å². The Bertz CT molecular complexity index is 361. The van der Waals surface area contributed by atoms with Crippen LogP contribution in [0.15, 0.2) is 0 Å². The number of likely N-dealkylation sites (tertiary alicyclic amines) is 1. The van der Waals surface area contributed by atoms with E-state index in [1.807, 2.05) is 20.0 Å². The van der Waals surface area contributed by atoms with E-state index in [-0.39, 0.29) is 11.8 Å². The summed E-state index contributed by atoms with van der Waals surface area (Å²) in [5.74, 6) is 0.392. The summed E-state index contributed by atoms with van der Waals surface area (Å²) in [7, 11) is -1.23. The monoisotopic (exact) mass is 245 g/mol. The number of rotatable bonds is 5. The fourth-order valence-electron chi connectivity index (χ4n) is 1.99. The van der Waals surface area contributed by atoms with Crippen LogP contribution in [0.3, 0.4) is 0 Å². The first-order valence-electron chi connectivity index (χ1n) is 5.50. The molecule has 1 fully saturated rings. The lowest BCUT2D eigenvalue weighted by Gasteiger charge is -2.16. The molecule has 92 valence electrons. The maximum absolute atomic E-state index is 11.7. The van der Waals surface area contributed by atoms with Gasteiger partial charge in [-0.1, -0.05) is 6.92 Å². The van der Waals surface area contributed by atoms with Crippen molar-refractivity contribution in [2.24, 2.45) is 5.92 Å². The van der Waals surface area contributed by atoms with Crippen LogP contribution in [0, 0.1) is 17.2 Å². The number of hydrogen-bond acceptors (Lipinski definition) is 4. The van der Waals surface area contributed by atoms with Gasteiger partial charge >= 0.3 is 0 Å². The molecular formula is C10H19N3O2S. The Balaban J connectivity index is 2.44. The van der Waals surface area contributed by atoms with Gasteiger partial charge in [0.1, 0.15) is 0 Å². The van der Waals surface area contributed by atoms with E-state index in [0.717, 1.165) is 13.1 Å². The van der Waals surface area contributed by atoms with Crippen LogP contribution >= 0.6 is 0 Å². The molecular weight excluding hydrogens is 226 g/mol. The molecule has 1 aliphatic rings. The first kappa shape index (κ1) is 13.4. The van der Waals surface area contributed by atoms with Crippen molar-refractivity contribution in [2.75, 3.05) is 25.9 Å². The normalized spacial score (nSPS) is 26.8. The summed E-state index contributed by atoms with van der Waals surface area (Å²) in [5, 5.41) is 8.35. The summed E-state index contributed by atoms with van der Waals surface area (Å²) in [6.07, 6.45) is 0.698. The highest BCUT2D eigenvalue weighted by Gasteiger charge is 2.30. The number of nitriles is 1. The predicted molar refractivity (Wildman–Crippen MR) is 62.2 cm³/mol. The second kappa shape index (κ2) is 5.62. The van der Waals surface area contributed by atoms with E-state index < -0.39 is 10.0 Å². The highest BCUT2D eigenvalue weighted by atomic mass is 32.2. The van der Waals surface area contributed by atoms with E-state index >= 15 is 0 Å². The summed E-state index contributed by atoms with van der Waals surface area (Å²) in [6, 6.07) is 1.96. The summed E-state index contributed by atoms with van der Waals surface area (Å²) >= 11 is 0. The lowest BCUT2D eigenvalue weighted by molar-refractivity contribution is 0.400. The Morgan fingerprint density at radius 1 is 1.50 bits per heavy atom. The third-order valence-electron chi connectivity index (χ3n) is 2.83. The van der Waals surface area contributed by atoms with E-state index in [1.54, 1.807) is 0 Å². The fourth-order valence-corrected chi connectivity index (χ4v) is 3.40. The van der Waals surface area contributed by atoms with Gasteiger partial charge in [-0.2, -0.15) is 5.26 Å². The minimum absolute atomic E-state index is 0.0112. The molecule has 0 aliphatic carbocycles. The second-order valence-corrected chi connectivity index (χ2v) is 6.38. The van der Waals surface area contributed by atoms with Crippen molar-refractivity contribution in [3.8, 4) is 6.07 Å². The van der Waals surface area contributed by atoms with Crippen LogP contribution in [-0.4, -0.2) is 45.2 Å². The van der Waals surface area contributed by atoms with Gasteiger partial charge in [0.25, 0.3) is 0 Å². The smallest absolute Gasteiger partial charge is 0.211 e. The molecule has 0 aromatic heterocycles. The topological polar surface area (TPSA) is 73.2 Å². The molecule has 0 radical (unpaired) electrons. The van der Waals surface area contributed by atoms with Crippen LogP contribution < -0.4 is 4.72 Å². The molecule has 0 bridgehead atoms. The number of unbranched alkanes of at least 4 members (excludes halogenated alkanes) is 1. The van der Waals surface area contributed by atoms with Crippen LogP contribution in [0.4, 0.5) is 0 Å². The van der Waals surface area contributed by atoms with Crippen LogP contribution in [0.25, 0.3) is 0 Å². The molecule has 0 aromatic carbocycles. The van der Waals surface area contributed by atoms with Gasteiger partial charge in [-0.05, 0) is 19.4 Å². The molecule has 16 heavy (non-hydrogen) atoms. The molecule has 1 heterocycles. The Morgan fingerprint density at radius 2 is 2.19 bits per heavy atom. The third-order valence-corrected chi connectivity index (χ3v) is 4.32. The largest absolute Gasteiger partial charge is 0.304 e. The van der Waals surface area contributed by atoms with Gasteiger partial charge in [0.05, 0.1) is 11.8 Å². The molecule has 2 atom stereocenters. The number of nitrogens with one attached hydrogen (secondary N) is 1. The van der Waals surface area contributed by atoms with Crippen LogP contribution in [-0.2, 0) is 10.0 Å². The summed E-state index contributed by atoms with van der Waals surface area (Å²) in [4.78, 5) is 2.12. The minimum atomic E-state index is -3.22. The highest BCUT2D eigenvalue weighted by molar-refractivity contribution is 7.89. The molecule has 1 rings (SSSR count). The first-order chi connectivity index (χ1) is 7.44. The maximum atomic E-state index is 11.7. The molecule has 0 unspecified atom stereocenters.